The van der Waals surface area contributed by atoms with Crippen molar-refractivity contribution in [2.45, 2.75) is 26.2 Å². The summed E-state index contributed by atoms with van der Waals surface area (Å²) in [7, 11) is 0. The van der Waals surface area contributed by atoms with Crippen LogP contribution >= 0.6 is 0 Å². The van der Waals surface area contributed by atoms with E-state index in [0.717, 1.165) is 16.9 Å². The molecule has 0 aliphatic carbocycles. The third kappa shape index (κ3) is 2.06. The Hall–Kier alpha value is -2.08. The first kappa shape index (κ1) is 13.9. The monoisotopic (exact) mass is 287 g/mol. The van der Waals surface area contributed by atoms with E-state index in [9.17, 15) is 15.3 Å². The van der Waals surface area contributed by atoms with Gasteiger partial charge in [0, 0.05) is 28.8 Å². The van der Waals surface area contributed by atoms with Gasteiger partial charge in [0.15, 0.2) is 0 Å². The summed E-state index contributed by atoms with van der Waals surface area (Å²) in [5.41, 5.74) is 9.70. The lowest BCUT2D eigenvalue weighted by molar-refractivity contribution is 0.244. The molecule has 5 nitrogen and oxygen atoms in total. The molecule has 110 valence electrons. The first-order valence-electron chi connectivity index (χ1n) is 6.74. The Morgan fingerprint density at radius 3 is 2.29 bits per heavy atom. The van der Waals surface area contributed by atoms with Crippen LogP contribution in [0.2, 0.25) is 0 Å². The lowest BCUT2D eigenvalue weighted by Crippen LogP contribution is -2.14. The van der Waals surface area contributed by atoms with Gasteiger partial charge in [0.2, 0.25) is 0 Å². The summed E-state index contributed by atoms with van der Waals surface area (Å²) in [5.74, 6) is 1.22. The Bertz CT molecular complexity index is 697. The molecule has 5 heteroatoms. The minimum atomic E-state index is -0.311. The fourth-order valence-electron chi connectivity index (χ4n) is 2.86. The number of nitrogen functional groups attached to an aromatic ring is 1. The van der Waals surface area contributed by atoms with Crippen LogP contribution in [0.25, 0.3) is 0 Å². The fourth-order valence-corrected chi connectivity index (χ4v) is 2.86. The smallest absolute Gasteiger partial charge is 0.138 e. The lowest BCUT2D eigenvalue weighted by Gasteiger charge is -2.27. The lowest BCUT2D eigenvalue weighted by atomic mass is 9.90. The van der Waals surface area contributed by atoms with Crippen LogP contribution in [0, 0.1) is 0 Å². The van der Waals surface area contributed by atoms with E-state index in [0.29, 0.717) is 34.5 Å². The van der Waals surface area contributed by atoms with Gasteiger partial charge in [-0.25, -0.2) is 0 Å². The van der Waals surface area contributed by atoms with E-state index in [4.69, 9.17) is 10.5 Å². The zero-order valence-electron chi connectivity index (χ0n) is 11.5. The molecule has 0 radical (unpaired) electrons. The second-order valence-corrected chi connectivity index (χ2v) is 5.02. The van der Waals surface area contributed by atoms with Crippen molar-refractivity contribution >= 4 is 5.69 Å². The number of aliphatic hydroxyl groups is 3. The summed E-state index contributed by atoms with van der Waals surface area (Å²) in [5, 5.41) is 28.7. The largest absolute Gasteiger partial charge is 0.456 e. The van der Waals surface area contributed by atoms with Crippen LogP contribution in [-0.4, -0.2) is 15.3 Å². The molecular formula is C16H17NO4. The predicted octanol–water partition coefficient (Wildman–Crippen LogP) is 1.44. The minimum absolute atomic E-state index is 0.284. The van der Waals surface area contributed by atoms with Crippen LogP contribution in [0.1, 0.15) is 27.8 Å². The Kier molecular flexibility index (Phi) is 3.55. The highest BCUT2D eigenvalue weighted by Gasteiger charge is 2.27. The maximum absolute atomic E-state index is 9.65. The van der Waals surface area contributed by atoms with Crippen molar-refractivity contribution in [1.29, 1.82) is 0 Å². The van der Waals surface area contributed by atoms with Crippen molar-refractivity contribution in [1.82, 2.24) is 0 Å². The number of benzene rings is 2. The molecule has 0 bridgehead atoms. The number of fused-ring (bicyclic) bond motifs is 2. The summed E-state index contributed by atoms with van der Waals surface area (Å²) in [6.45, 7) is -0.883. The number of hydrogen-bond donors (Lipinski definition) is 4. The number of para-hydroxylation sites is 1. The molecule has 0 amide bonds. The molecule has 2 aromatic rings. The maximum atomic E-state index is 9.65. The second kappa shape index (κ2) is 5.37. The van der Waals surface area contributed by atoms with Crippen molar-refractivity contribution in [3.63, 3.8) is 0 Å². The number of ether oxygens (including phenoxy) is 1. The minimum Gasteiger partial charge on any atom is -0.456 e. The molecule has 2 aromatic carbocycles. The number of aliphatic hydroxyl groups excluding tert-OH is 3. The molecule has 0 saturated heterocycles. The van der Waals surface area contributed by atoms with E-state index in [1.807, 2.05) is 24.3 Å². The van der Waals surface area contributed by atoms with Crippen molar-refractivity contribution in [3.8, 4) is 11.5 Å². The molecule has 0 saturated carbocycles. The molecule has 1 heterocycles. The maximum Gasteiger partial charge on any atom is 0.138 e. The molecule has 3 rings (SSSR count). The number of anilines is 1. The molecule has 0 fully saturated rings. The van der Waals surface area contributed by atoms with Crippen LogP contribution in [0.3, 0.4) is 0 Å². The van der Waals surface area contributed by atoms with Gasteiger partial charge in [0.25, 0.3) is 0 Å². The van der Waals surface area contributed by atoms with E-state index < -0.39 is 0 Å². The van der Waals surface area contributed by atoms with Gasteiger partial charge in [0.05, 0.1) is 19.8 Å². The van der Waals surface area contributed by atoms with Crippen LogP contribution in [0.4, 0.5) is 5.69 Å². The van der Waals surface area contributed by atoms with Gasteiger partial charge in [-0.2, -0.15) is 0 Å². The van der Waals surface area contributed by atoms with E-state index in [-0.39, 0.29) is 19.8 Å². The topological polar surface area (TPSA) is 95.9 Å². The summed E-state index contributed by atoms with van der Waals surface area (Å²) in [6.07, 6.45) is 0.572. The number of rotatable bonds is 3. The zero-order valence-corrected chi connectivity index (χ0v) is 11.5. The Labute approximate surface area is 122 Å². The van der Waals surface area contributed by atoms with Gasteiger partial charge in [-0.3, -0.25) is 0 Å². The van der Waals surface area contributed by atoms with E-state index in [1.165, 1.54) is 0 Å². The van der Waals surface area contributed by atoms with Crippen molar-refractivity contribution < 1.29 is 20.1 Å². The van der Waals surface area contributed by atoms with Gasteiger partial charge in [-0.05, 0) is 17.2 Å². The fraction of sp³-hybridized carbons (Fsp3) is 0.250. The average Bonchev–Trinajstić information content (AvgIpc) is 2.53. The van der Waals surface area contributed by atoms with Crippen LogP contribution in [0.15, 0.2) is 24.3 Å². The van der Waals surface area contributed by atoms with E-state index >= 15 is 0 Å². The number of nitrogens with two attached hydrogens (primary N) is 1. The van der Waals surface area contributed by atoms with Gasteiger partial charge in [-0.15, -0.1) is 0 Å². The SMILES string of the molecule is Nc1c(CO)c(CO)c(CO)c2c1Cc1ccccc1O2. The molecule has 1 aliphatic rings. The quantitative estimate of drug-likeness (QED) is 0.547. The highest BCUT2D eigenvalue weighted by atomic mass is 16.5. The van der Waals surface area contributed by atoms with Gasteiger partial charge in [-0.1, -0.05) is 18.2 Å². The Morgan fingerprint density at radius 1 is 0.952 bits per heavy atom. The molecule has 0 unspecified atom stereocenters. The van der Waals surface area contributed by atoms with Crippen molar-refractivity contribution in [2.75, 3.05) is 5.73 Å². The normalized spacial score (nSPS) is 12.5. The average molecular weight is 287 g/mol. The Morgan fingerprint density at radius 2 is 1.62 bits per heavy atom. The first-order valence-corrected chi connectivity index (χ1v) is 6.74. The third-order valence-electron chi connectivity index (χ3n) is 3.95. The molecule has 5 N–H and O–H groups in total. The van der Waals surface area contributed by atoms with Crippen LogP contribution in [0.5, 0.6) is 11.5 Å². The van der Waals surface area contributed by atoms with Crippen LogP contribution < -0.4 is 10.5 Å². The Balaban J connectivity index is 2.26. The molecule has 0 atom stereocenters. The highest BCUT2D eigenvalue weighted by Crippen LogP contribution is 2.44. The summed E-state index contributed by atoms with van der Waals surface area (Å²) < 4.78 is 5.89. The standard InChI is InChI=1S/C16H17NO4/c17-15-10-5-9-3-1-2-4-14(9)21-16(10)13(8-20)11(6-18)12(15)7-19/h1-4,18-20H,5-8,17H2. The molecule has 21 heavy (non-hydrogen) atoms. The van der Waals surface area contributed by atoms with Crippen LogP contribution in [-0.2, 0) is 26.2 Å². The summed E-state index contributed by atoms with van der Waals surface area (Å²) in [4.78, 5) is 0. The first-order chi connectivity index (χ1) is 10.2. The predicted molar refractivity (Wildman–Crippen MR) is 77.9 cm³/mol. The molecule has 1 aliphatic heterocycles. The molecule has 0 spiro atoms. The summed E-state index contributed by atoms with van der Waals surface area (Å²) in [6, 6.07) is 7.61. The van der Waals surface area contributed by atoms with Gasteiger partial charge < -0.3 is 25.8 Å². The highest BCUT2D eigenvalue weighted by molar-refractivity contribution is 5.69. The van der Waals surface area contributed by atoms with E-state index in [2.05, 4.69) is 0 Å². The van der Waals surface area contributed by atoms with Gasteiger partial charge >= 0.3 is 0 Å². The summed E-state index contributed by atoms with van der Waals surface area (Å²) >= 11 is 0. The third-order valence-corrected chi connectivity index (χ3v) is 3.95. The van der Waals surface area contributed by atoms with Gasteiger partial charge in [0.1, 0.15) is 11.5 Å². The van der Waals surface area contributed by atoms with E-state index in [1.54, 1.807) is 0 Å². The molecule has 0 aromatic heterocycles. The second-order valence-electron chi connectivity index (χ2n) is 5.02. The van der Waals surface area contributed by atoms with Crippen molar-refractivity contribution in [2.24, 2.45) is 0 Å². The number of hydrogen-bond acceptors (Lipinski definition) is 5. The zero-order chi connectivity index (χ0) is 15.0. The van der Waals surface area contributed by atoms with Crippen molar-refractivity contribution in [3.05, 3.63) is 52.1 Å². The molecular weight excluding hydrogens is 270 g/mol.